The van der Waals surface area contributed by atoms with Crippen molar-refractivity contribution < 1.29 is 4.79 Å². The van der Waals surface area contributed by atoms with E-state index in [1.807, 2.05) is 24.3 Å². The second-order valence-corrected chi connectivity index (χ2v) is 4.59. The van der Waals surface area contributed by atoms with E-state index in [2.05, 4.69) is 12.2 Å². The number of benzene rings is 1. The van der Waals surface area contributed by atoms with Crippen LogP contribution in [0.3, 0.4) is 0 Å². The molecule has 18 heavy (non-hydrogen) atoms. The summed E-state index contributed by atoms with van der Waals surface area (Å²) in [7, 11) is 0. The summed E-state index contributed by atoms with van der Waals surface area (Å²) in [5, 5.41) is 2.92. The number of rotatable bonds is 8. The fourth-order valence-corrected chi connectivity index (χ4v) is 1.86. The molecule has 0 unspecified atom stereocenters. The second-order valence-electron chi connectivity index (χ2n) is 4.59. The first kappa shape index (κ1) is 14.7. The van der Waals surface area contributed by atoms with Crippen molar-refractivity contribution in [1.82, 2.24) is 0 Å². The number of hydrogen-bond donors (Lipinski definition) is 2. The van der Waals surface area contributed by atoms with Gasteiger partial charge in [-0.05, 0) is 37.1 Å². The molecule has 1 amide bonds. The highest BCUT2D eigenvalue weighted by Crippen LogP contribution is 2.11. The van der Waals surface area contributed by atoms with Crippen LogP contribution in [0.2, 0.25) is 0 Å². The Kier molecular flexibility index (Phi) is 7.11. The summed E-state index contributed by atoms with van der Waals surface area (Å²) in [6, 6.07) is 7.91. The number of amides is 1. The average Bonchev–Trinajstić information content (AvgIpc) is 2.37. The minimum Gasteiger partial charge on any atom is -0.330 e. The Morgan fingerprint density at radius 1 is 1.17 bits per heavy atom. The number of carbonyl (C=O) groups excluding carboxylic acids is 1. The highest BCUT2D eigenvalue weighted by Gasteiger charge is 2.02. The molecule has 3 nitrogen and oxygen atoms in total. The first-order valence-corrected chi connectivity index (χ1v) is 6.85. The van der Waals surface area contributed by atoms with E-state index < -0.39 is 0 Å². The Bertz CT molecular complexity index is 346. The van der Waals surface area contributed by atoms with Crippen molar-refractivity contribution in [3.05, 3.63) is 29.8 Å². The van der Waals surface area contributed by atoms with Crippen molar-refractivity contribution in [2.75, 3.05) is 11.9 Å². The van der Waals surface area contributed by atoms with E-state index in [1.54, 1.807) is 0 Å². The van der Waals surface area contributed by atoms with E-state index in [-0.39, 0.29) is 5.91 Å². The van der Waals surface area contributed by atoms with Gasteiger partial charge >= 0.3 is 0 Å². The quantitative estimate of drug-likeness (QED) is 0.695. The monoisotopic (exact) mass is 248 g/mol. The van der Waals surface area contributed by atoms with Crippen LogP contribution in [0.25, 0.3) is 0 Å². The largest absolute Gasteiger partial charge is 0.330 e. The van der Waals surface area contributed by atoms with Gasteiger partial charge < -0.3 is 11.1 Å². The summed E-state index contributed by atoms with van der Waals surface area (Å²) in [6.07, 6.45) is 6.02. The second kappa shape index (κ2) is 8.70. The minimum absolute atomic E-state index is 0.109. The molecule has 3 heteroatoms. The predicted octanol–water partition coefficient (Wildman–Crippen LogP) is 3.10. The third-order valence-electron chi connectivity index (χ3n) is 2.93. The van der Waals surface area contributed by atoms with Crippen LogP contribution in [0.4, 0.5) is 5.69 Å². The zero-order valence-electron chi connectivity index (χ0n) is 11.2. The summed E-state index contributed by atoms with van der Waals surface area (Å²) in [5.41, 5.74) is 7.57. The molecule has 0 aliphatic carbocycles. The molecule has 0 saturated heterocycles. The fraction of sp³-hybridized carbons (Fsp3) is 0.533. The Labute approximate surface area is 110 Å². The van der Waals surface area contributed by atoms with Gasteiger partial charge in [-0.3, -0.25) is 4.79 Å². The van der Waals surface area contributed by atoms with Crippen LogP contribution in [0, 0.1) is 0 Å². The van der Waals surface area contributed by atoms with Gasteiger partial charge in [-0.25, -0.2) is 0 Å². The maximum atomic E-state index is 11.7. The summed E-state index contributed by atoms with van der Waals surface area (Å²) >= 11 is 0. The number of carbonyl (C=O) groups is 1. The maximum Gasteiger partial charge on any atom is 0.224 e. The lowest BCUT2D eigenvalue weighted by molar-refractivity contribution is -0.116. The molecule has 100 valence electrons. The number of unbranched alkanes of at least 4 members (excludes halogenated alkanes) is 3. The van der Waals surface area contributed by atoms with Gasteiger partial charge in [-0.15, -0.1) is 0 Å². The van der Waals surface area contributed by atoms with Crippen molar-refractivity contribution >= 4 is 11.6 Å². The van der Waals surface area contributed by atoms with Gasteiger partial charge in [0.1, 0.15) is 0 Å². The molecular weight excluding hydrogens is 224 g/mol. The smallest absolute Gasteiger partial charge is 0.224 e. The van der Waals surface area contributed by atoms with Crippen LogP contribution in [0.1, 0.15) is 44.6 Å². The Morgan fingerprint density at radius 2 is 1.89 bits per heavy atom. The molecule has 0 radical (unpaired) electrons. The molecule has 0 atom stereocenters. The highest BCUT2D eigenvalue weighted by atomic mass is 16.1. The molecule has 1 aromatic carbocycles. The molecule has 0 spiro atoms. The molecule has 0 fully saturated rings. The first-order valence-electron chi connectivity index (χ1n) is 6.85. The van der Waals surface area contributed by atoms with Gasteiger partial charge in [-0.2, -0.15) is 0 Å². The molecule has 0 heterocycles. The Morgan fingerprint density at radius 3 is 2.50 bits per heavy atom. The predicted molar refractivity (Wildman–Crippen MR) is 76.6 cm³/mol. The number of hydrogen-bond acceptors (Lipinski definition) is 2. The summed E-state index contributed by atoms with van der Waals surface area (Å²) in [4.78, 5) is 11.7. The van der Waals surface area contributed by atoms with Crippen molar-refractivity contribution in [2.24, 2.45) is 5.73 Å². The topological polar surface area (TPSA) is 55.1 Å². The summed E-state index contributed by atoms with van der Waals surface area (Å²) in [6.45, 7) is 2.83. The van der Waals surface area contributed by atoms with Gasteiger partial charge in [0.25, 0.3) is 0 Å². The van der Waals surface area contributed by atoms with Gasteiger partial charge in [0.2, 0.25) is 5.91 Å². The normalized spacial score (nSPS) is 10.3. The van der Waals surface area contributed by atoms with Crippen molar-refractivity contribution in [2.45, 2.75) is 45.4 Å². The zero-order chi connectivity index (χ0) is 13.2. The van der Waals surface area contributed by atoms with E-state index in [4.69, 9.17) is 5.73 Å². The lowest BCUT2D eigenvalue weighted by Crippen LogP contribution is -2.11. The minimum atomic E-state index is 0.109. The Balaban J connectivity index is 2.30. The molecule has 0 aliphatic rings. The number of anilines is 1. The third kappa shape index (κ3) is 5.82. The fourth-order valence-electron chi connectivity index (χ4n) is 1.86. The van der Waals surface area contributed by atoms with Crippen molar-refractivity contribution in [3.63, 3.8) is 0 Å². The lowest BCUT2D eigenvalue weighted by Gasteiger charge is -2.06. The van der Waals surface area contributed by atoms with Gasteiger partial charge in [0.05, 0.1) is 0 Å². The molecule has 3 N–H and O–H groups in total. The molecule has 0 aromatic heterocycles. The van der Waals surface area contributed by atoms with Gasteiger partial charge in [-0.1, -0.05) is 38.3 Å². The van der Waals surface area contributed by atoms with Crippen LogP contribution in [-0.4, -0.2) is 12.5 Å². The molecule has 1 aromatic rings. The van der Waals surface area contributed by atoms with Crippen LogP contribution < -0.4 is 11.1 Å². The molecule has 1 rings (SSSR count). The van der Waals surface area contributed by atoms with Crippen LogP contribution in [0.15, 0.2) is 24.3 Å². The Hall–Kier alpha value is -1.35. The van der Waals surface area contributed by atoms with Crippen molar-refractivity contribution in [3.8, 4) is 0 Å². The van der Waals surface area contributed by atoms with E-state index in [9.17, 15) is 4.79 Å². The SMILES string of the molecule is CCCCCCC(=O)Nc1ccc(CCN)cc1. The van der Waals surface area contributed by atoms with E-state index in [0.29, 0.717) is 13.0 Å². The van der Waals surface area contributed by atoms with Crippen LogP contribution in [-0.2, 0) is 11.2 Å². The summed E-state index contributed by atoms with van der Waals surface area (Å²) < 4.78 is 0. The first-order chi connectivity index (χ1) is 8.76. The van der Waals surface area contributed by atoms with Gasteiger partial charge in [0.15, 0.2) is 0 Å². The zero-order valence-corrected chi connectivity index (χ0v) is 11.2. The average molecular weight is 248 g/mol. The van der Waals surface area contributed by atoms with E-state index in [0.717, 1.165) is 24.9 Å². The number of nitrogens with one attached hydrogen (secondary N) is 1. The highest BCUT2D eigenvalue weighted by molar-refractivity contribution is 5.90. The summed E-state index contributed by atoms with van der Waals surface area (Å²) in [5.74, 6) is 0.109. The van der Waals surface area contributed by atoms with Crippen molar-refractivity contribution in [1.29, 1.82) is 0 Å². The number of nitrogens with two attached hydrogens (primary N) is 1. The molecule has 0 saturated carbocycles. The van der Waals surface area contributed by atoms with Crippen LogP contribution >= 0.6 is 0 Å². The van der Waals surface area contributed by atoms with E-state index >= 15 is 0 Å². The van der Waals surface area contributed by atoms with Gasteiger partial charge in [0, 0.05) is 12.1 Å². The molecule has 0 aliphatic heterocycles. The maximum absolute atomic E-state index is 11.7. The lowest BCUT2D eigenvalue weighted by atomic mass is 10.1. The third-order valence-corrected chi connectivity index (χ3v) is 2.93. The molecule has 0 bridgehead atoms. The molecular formula is C15H24N2O. The van der Waals surface area contributed by atoms with E-state index in [1.165, 1.54) is 18.4 Å². The standard InChI is InChI=1S/C15H24N2O/c1-2-3-4-5-6-15(18)17-14-9-7-13(8-10-14)11-12-16/h7-10H,2-6,11-12,16H2,1H3,(H,17,18). The van der Waals surface area contributed by atoms with Crippen LogP contribution in [0.5, 0.6) is 0 Å².